The molecule has 0 saturated carbocycles. The fourth-order valence-electron chi connectivity index (χ4n) is 1.46. The number of aliphatic hydroxyl groups excluding tert-OH is 1. The van der Waals surface area contributed by atoms with Crippen LogP contribution in [-0.4, -0.2) is 35.4 Å². The Morgan fingerprint density at radius 3 is 2.61 bits per heavy atom. The summed E-state index contributed by atoms with van der Waals surface area (Å²) in [6, 6.07) is 7.40. The van der Waals surface area contributed by atoms with Crippen molar-refractivity contribution < 1.29 is 19.7 Å². The van der Waals surface area contributed by atoms with E-state index < -0.39 is 12.1 Å². The number of benzene rings is 1. The molecule has 1 atom stereocenters. The molecule has 0 aliphatic carbocycles. The molecule has 0 aliphatic rings. The van der Waals surface area contributed by atoms with Crippen molar-refractivity contribution in [1.82, 2.24) is 0 Å². The largest absolute Gasteiger partial charge is 0.494 e. The molecule has 5 heteroatoms. The molecule has 0 bridgehead atoms. The highest BCUT2D eigenvalue weighted by molar-refractivity contribution is 5.66. The predicted octanol–water partition coefficient (Wildman–Crippen LogP) is 1.72. The summed E-state index contributed by atoms with van der Waals surface area (Å²) in [4.78, 5) is 10.3. The van der Waals surface area contributed by atoms with Crippen LogP contribution in [-0.2, 0) is 4.79 Å². The van der Waals surface area contributed by atoms with Crippen LogP contribution in [0.25, 0.3) is 0 Å². The molecule has 1 unspecified atom stereocenters. The number of rotatable bonds is 8. The van der Waals surface area contributed by atoms with Gasteiger partial charge in [0.05, 0.1) is 12.7 Å². The van der Waals surface area contributed by atoms with Gasteiger partial charge >= 0.3 is 5.97 Å². The standard InChI is InChI=1S/C13H19NO4/c1-2-18-12-6-3-10(4-7-12)14-9-11(15)5-8-13(16)17/h3-4,6-7,11,14-15H,2,5,8-9H2,1H3,(H,16,17). The minimum absolute atomic E-state index is 0.0217. The highest BCUT2D eigenvalue weighted by Crippen LogP contribution is 2.15. The molecule has 0 aliphatic heterocycles. The SMILES string of the molecule is CCOc1ccc(NCC(O)CCC(=O)O)cc1. The van der Waals surface area contributed by atoms with E-state index in [0.717, 1.165) is 11.4 Å². The monoisotopic (exact) mass is 253 g/mol. The lowest BCUT2D eigenvalue weighted by Gasteiger charge is -2.12. The second-order valence-electron chi connectivity index (χ2n) is 3.92. The van der Waals surface area contributed by atoms with Crippen LogP contribution in [0.5, 0.6) is 5.75 Å². The lowest BCUT2D eigenvalue weighted by atomic mass is 10.2. The van der Waals surface area contributed by atoms with Gasteiger partial charge in [0.1, 0.15) is 5.75 Å². The number of nitrogens with one attached hydrogen (secondary N) is 1. The maximum absolute atomic E-state index is 10.3. The molecule has 1 aromatic carbocycles. The molecule has 0 aromatic heterocycles. The molecule has 5 nitrogen and oxygen atoms in total. The van der Waals surface area contributed by atoms with Gasteiger partial charge in [0.15, 0.2) is 0 Å². The van der Waals surface area contributed by atoms with E-state index >= 15 is 0 Å². The highest BCUT2D eigenvalue weighted by Gasteiger charge is 2.06. The first kappa shape index (κ1) is 14.3. The summed E-state index contributed by atoms with van der Waals surface area (Å²) >= 11 is 0. The Balaban J connectivity index is 2.31. The van der Waals surface area contributed by atoms with Gasteiger partial charge in [0, 0.05) is 18.7 Å². The van der Waals surface area contributed by atoms with Crippen LogP contribution in [0.15, 0.2) is 24.3 Å². The fraction of sp³-hybridized carbons (Fsp3) is 0.462. The molecule has 1 rings (SSSR count). The van der Waals surface area contributed by atoms with E-state index in [1.165, 1.54) is 0 Å². The first-order chi connectivity index (χ1) is 8.61. The van der Waals surface area contributed by atoms with Gasteiger partial charge in [-0.15, -0.1) is 0 Å². The van der Waals surface area contributed by atoms with Gasteiger partial charge in [-0.3, -0.25) is 4.79 Å². The van der Waals surface area contributed by atoms with Gasteiger partial charge in [0.25, 0.3) is 0 Å². The molecule has 0 radical (unpaired) electrons. The first-order valence-electron chi connectivity index (χ1n) is 5.98. The van der Waals surface area contributed by atoms with Gasteiger partial charge in [-0.05, 0) is 37.6 Å². The zero-order valence-corrected chi connectivity index (χ0v) is 10.4. The van der Waals surface area contributed by atoms with Crippen molar-refractivity contribution in [3.8, 4) is 5.75 Å². The van der Waals surface area contributed by atoms with Crippen molar-refractivity contribution in [3.05, 3.63) is 24.3 Å². The maximum atomic E-state index is 10.3. The number of carboxylic acids is 1. The van der Waals surface area contributed by atoms with Crippen molar-refractivity contribution >= 4 is 11.7 Å². The average molecular weight is 253 g/mol. The Bertz CT molecular complexity index is 364. The van der Waals surface area contributed by atoms with Crippen LogP contribution in [0, 0.1) is 0 Å². The lowest BCUT2D eigenvalue weighted by molar-refractivity contribution is -0.137. The van der Waals surface area contributed by atoms with Gasteiger partial charge in [-0.1, -0.05) is 0 Å². The summed E-state index contributed by atoms with van der Waals surface area (Å²) in [5.41, 5.74) is 0.868. The van der Waals surface area contributed by atoms with E-state index in [4.69, 9.17) is 9.84 Å². The van der Waals surface area contributed by atoms with Crippen LogP contribution in [0.2, 0.25) is 0 Å². The number of hydrogen-bond donors (Lipinski definition) is 3. The average Bonchev–Trinajstić information content (AvgIpc) is 2.36. The minimum atomic E-state index is -0.893. The third-order valence-electron chi connectivity index (χ3n) is 2.40. The van der Waals surface area contributed by atoms with Gasteiger partial charge in [-0.2, -0.15) is 0 Å². The van der Waals surface area contributed by atoms with E-state index in [9.17, 15) is 9.90 Å². The van der Waals surface area contributed by atoms with Crippen LogP contribution in [0.4, 0.5) is 5.69 Å². The van der Waals surface area contributed by atoms with E-state index in [-0.39, 0.29) is 12.8 Å². The number of aliphatic hydroxyl groups is 1. The van der Waals surface area contributed by atoms with E-state index in [2.05, 4.69) is 5.32 Å². The third-order valence-corrected chi connectivity index (χ3v) is 2.40. The van der Waals surface area contributed by atoms with Crippen LogP contribution in [0.3, 0.4) is 0 Å². The number of carboxylic acid groups (broad SMARTS) is 1. The first-order valence-corrected chi connectivity index (χ1v) is 5.98. The lowest BCUT2D eigenvalue weighted by Crippen LogP contribution is -2.20. The molecule has 0 amide bonds. The van der Waals surface area contributed by atoms with E-state index in [1.54, 1.807) is 0 Å². The zero-order valence-electron chi connectivity index (χ0n) is 10.4. The van der Waals surface area contributed by atoms with Crippen LogP contribution < -0.4 is 10.1 Å². The van der Waals surface area contributed by atoms with Crippen molar-refractivity contribution in [3.63, 3.8) is 0 Å². The minimum Gasteiger partial charge on any atom is -0.494 e. The molecule has 3 N–H and O–H groups in total. The molecule has 0 heterocycles. The molecule has 0 spiro atoms. The summed E-state index contributed by atoms with van der Waals surface area (Å²) < 4.78 is 5.31. The Morgan fingerprint density at radius 1 is 1.39 bits per heavy atom. The number of carbonyl (C=O) groups is 1. The Hall–Kier alpha value is -1.75. The number of hydrogen-bond acceptors (Lipinski definition) is 4. The molecule has 100 valence electrons. The topological polar surface area (TPSA) is 78.8 Å². The maximum Gasteiger partial charge on any atom is 0.303 e. The summed E-state index contributed by atoms with van der Waals surface area (Å²) in [6.45, 7) is 2.88. The quantitative estimate of drug-likeness (QED) is 0.657. The van der Waals surface area contributed by atoms with Gasteiger partial charge in [-0.25, -0.2) is 0 Å². The Kier molecular flexibility index (Phi) is 6.00. The van der Waals surface area contributed by atoms with Crippen LogP contribution >= 0.6 is 0 Å². The van der Waals surface area contributed by atoms with Crippen molar-refractivity contribution in [2.24, 2.45) is 0 Å². The van der Waals surface area contributed by atoms with E-state index in [1.807, 2.05) is 31.2 Å². The summed E-state index contributed by atoms with van der Waals surface area (Å²) in [5, 5.41) is 21.1. The smallest absolute Gasteiger partial charge is 0.303 e. The Morgan fingerprint density at radius 2 is 2.06 bits per heavy atom. The number of ether oxygens (including phenoxy) is 1. The normalized spacial score (nSPS) is 11.9. The highest BCUT2D eigenvalue weighted by atomic mass is 16.5. The molecular formula is C13H19NO4. The van der Waals surface area contributed by atoms with Crippen molar-refractivity contribution in [2.75, 3.05) is 18.5 Å². The van der Waals surface area contributed by atoms with Crippen molar-refractivity contribution in [2.45, 2.75) is 25.9 Å². The Labute approximate surface area is 106 Å². The second kappa shape index (κ2) is 7.55. The summed E-state index contributed by atoms with van der Waals surface area (Å²) in [6.07, 6.45) is -0.432. The van der Waals surface area contributed by atoms with Gasteiger partial charge in [0.2, 0.25) is 0 Å². The summed E-state index contributed by atoms with van der Waals surface area (Å²) in [7, 11) is 0. The zero-order chi connectivity index (χ0) is 13.4. The van der Waals surface area contributed by atoms with Crippen molar-refractivity contribution in [1.29, 1.82) is 0 Å². The van der Waals surface area contributed by atoms with E-state index in [0.29, 0.717) is 13.2 Å². The fourth-order valence-corrected chi connectivity index (χ4v) is 1.46. The van der Waals surface area contributed by atoms with Crippen LogP contribution in [0.1, 0.15) is 19.8 Å². The molecular weight excluding hydrogens is 234 g/mol. The van der Waals surface area contributed by atoms with Gasteiger partial charge < -0.3 is 20.3 Å². The second-order valence-corrected chi connectivity index (χ2v) is 3.92. The molecule has 0 saturated heterocycles. The molecule has 0 fully saturated rings. The summed E-state index contributed by atoms with van der Waals surface area (Å²) in [5.74, 6) is -0.0930. The predicted molar refractivity (Wildman–Crippen MR) is 69.0 cm³/mol. The number of aliphatic carboxylic acids is 1. The molecule has 18 heavy (non-hydrogen) atoms. The third kappa shape index (κ3) is 5.54. The number of anilines is 1. The molecule has 1 aromatic rings.